The number of nitrogens with zero attached hydrogens (tertiary/aromatic N) is 2. The second-order valence-electron chi connectivity index (χ2n) is 7.68. The van der Waals surface area contributed by atoms with Gasteiger partial charge in [-0.2, -0.15) is 0 Å². The summed E-state index contributed by atoms with van der Waals surface area (Å²) in [5.74, 6) is -1.00. The van der Waals surface area contributed by atoms with Crippen LogP contribution in [-0.4, -0.2) is 25.2 Å². The molecule has 0 amide bonds. The van der Waals surface area contributed by atoms with E-state index in [0.717, 1.165) is 34.3 Å². The highest BCUT2D eigenvalue weighted by molar-refractivity contribution is 7.91. The molecule has 0 saturated heterocycles. The van der Waals surface area contributed by atoms with E-state index in [1.54, 1.807) is 47.0 Å². The third-order valence-corrected chi connectivity index (χ3v) is 6.98. The van der Waals surface area contributed by atoms with Gasteiger partial charge in [0, 0.05) is 34.0 Å². The molecule has 4 rings (SSSR count). The molecule has 1 unspecified atom stereocenters. The van der Waals surface area contributed by atoms with Crippen LogP contribution in [0.3, 0.4) is 0 Å². The summed E-state index contributed by atoms with van der Waals surface area (Å²) in [6.07, 6.45) is 1.40. The van der Waals surface area contributed by atoms with E-state index in [-0.39, 0.29) is 22.6 Å². The normalized spacial score (nSPS) is 12.1. The molecule has 2 aromatic heterocycles. The average Bonchev–Trinajstić information content (AvgIpc) is 2.85. The van der Waals surface area contributed by atoms with Crippen LogP contribution in [0.4, 0.5) is 0 Å². The minimum atomic E-state index is -1.65. The van der Waals surface area contributed by atoms with Crippen LogP contribution in [-0.2, 0) is 30.6 Å². The van der Waals surface area contributed by atoms with Crippen molar-refractivity contribution in [2.75, 3.05) is 0 Å². The molecule has 0 aliphatic heterocycles. The van der Waals surface area contributed by atoms with Crippen LogP contribution in [0.1, 0.15) is 41.2 Å². The average molecular weight is 461 g/mol. The summed E-state index contributed by atoms with van der Waals surface area (Å²) in [5.41, 5.74) is 3.10. The number of fused-ring (bicyclic) bond motifs is 1. The van der Waals surface area contributed by atoms with Crippen molar-refractivity contribution in [3.05, 3.63) is 99.6 Å². The van der Waals surface area contributed by atoms with Crippen LogP contribution in [0.25, 0.3) is 10.9 Å². The summed E-state index contributed by atoms with van der Waals surface area (Å²) in [7, 11) is 0. The van der Waals surface area contributed by atoms with Gasteiger partial charge in [0.05, 0.1) is 17.6 Å². The lowest BCUT2D eigenvalue weighted by Gasteiger charge is -2.17. The summed E-state index contributed by atoms with van der Waals surface area (Å²) >= 11 is -1.65. The Hall–Kier alpha value is -3.42. The van der Waals surface area contributed by atoms with Crippen molar-refractivity contribution in [1.82, 2.24) is 9.55 Å². The smallest absolute Gasteiger partial charge is 0.335 e. The van der Waals surface area contributed by atoms with E-state index in [2.05, 4.69) is 0 Å². The van der Waals surface area contributed by atoms with E-state index in [4.69, 9.17) is 4.98 Å². The molecule has 0 aliphatic carbocycles. The van der Waals surface area contributed by atoms with E-state index in [1.165, 1.54) is 12.1 Å². The highest BCUT2D eigenvalue weighted by atomic mass is 32.2. The molecule has 0 bridgehead atoms. The molecule has 33 heavy (non-hydrogen) atoms. The molecule has 6 nitrogen and oxygen atoms in total. The minimum Gasteiger partial charge on any atom is -0.606 e. The Morgan fingerprint density at radius 1 is 1.03 bits per heavy atom. The zero-order chi connectivity index (χ0) is 23.5. The predicted octanol–water partition coefficient (Wildman–Crippen LogP) is 4.43. The summed E-state index contributed by atoms with van der Waals surface area (Å²) in [5, 5.41) is 9.98. The number of aryl methyl sites for hydroxylation is 2. The Balaban J connectivity index is 1.94. The monoisotopic (exact) mass is 460 g/mol. The SMILES string of the molecule is CCc1cc2c(cc([S+]([O-])c3ccccc3)c(=O)n2Cc2ccc(C(=O)O)cc2)c(CC)n1. The number of carbonyl (C=O) groups is 1. The number of pyridine rings is 2. The third kappa shape index (κ3) is 4.55. The van der Waals surface area contributed by atoms with Crippen molar-refractivity contribution in [3.8, 4) is 0 Å². The Labute approximate surface area is 194 Å². The maximum atomic E-state index is 13.6. The van der Waals surface area contributed by atoms with E-state index >= 15 is 0 Å². The molecule has 1 atom stereocenters. The first-order valence-corrected chi connectivity index (χ1v) is 11.9. The molecule has 7 heteroatoms. The molecular formula is C26H24N2O4S. The lowest BCUT2D eigenvalue weighted by atomic mass is 10.1. The van der Waals surface area contributed by atoms with Crippen LogP contribution >= 0.6 is 0 Å². The van der Waals surface area contributed by atoms with Crippen LogP contribution in [0.5, 0.6) is 0 Å². The van der Waals surface area contributed by atoms with Gasteiger partial charge in [0.25, 0.3) is 0 Å². The Morgan fingerprint density at radius 3 is 2.33 bits per heavy atom. The number of aromatic nitrogens is 2. The Morgan fingerprint density at radius 2 is 1.73 bits per heavy atom. The van der Waals surface area contributed by atoms with Gasteiger partial charge in [0.15, 0.2) is 4.90 Å². The van der Waals surface area contributed by atoms with Crippen molar-refractivity contribution in [1.29, 1.82) is 0 Å². The van der Waals surface area contributed by atoms with Crippen molar-refractivity contribution >= 4 is 28.0 Å². The van der Waals surface area contributed by atoms with Crippen molar-refractivity contribution in [3.63, 3.8) is 0 Å². The van der Waals surface area contributed by atoms with Crippen LogP contribution in [0, 0.1) is 0 Å². The fourth-order valence-corrected chi connectivity index (χ4v) is 4.96. The standard InChI is InChI=1S/C26H24N2O4S/c1-3-19-14-23-21(22(4-2)27-19)15-24(33(32)20-8-6-5-7-9-20)25(29)28(23)16-17-10-12-18(13-11-17)26(30)31/h5-15H,3-4,16H2,1-2H3,(H,30,31). The number of hydrogen-bond donors (Lipinski definition) is 1. The topological polar surface area (TPSA) is 95.2 Å². The molecule has 4 aromatic rings. The molecule has 0 spiro atoms. The largest absolute Gasteiger partial charge is 0.606 e. The van der Waals surface area contributed by atoms with Gasteiger partial charge in [-0.15, -0.1) is 0 Å². The highest BCUT2D eigenvalue weighted by Crippen LogP contribution is 2.25. The Kier molecular flexibility index (Phi) is 6.62. The molecule has 2 heterocycles. The van der Waals surface area contributed by atoms with Crippen molar-refractivity contribution in [2.45, 2.75) is 43.0 Å². The van der Waals surface area contributed by atoms with E-state index in [1.807, 2.05) is 26.0 Å². The molecule has 0 aliphatic rings. The van der Waals surface area contributed by atoms with Gasteiger partial charge in [-0.05, 0) is 48.7 Å². The van der Waals surface area contributed by atoms with Gasteiger partial charge in [-0.3, -0.25) is 14.3 Å². The first kappa shape index (κ1) is 22.8. The van der Waals surface area contributed by atoms with Gasteiger partial charge in [0.1, 0.15) is 0 Å². The summed E-state index contributed by atoms with van der Waals surface area (Å²) < 4.78 is 15.0. The van der Waals surface area contributed by atoms with E-state index in [9.17, 15) is 19.2 Å². The van der Waals surface area contributed by atoms with Gasteiger partial charge in [0.2, 0.25) is 4.90 Å². The molecule has 168 valence electrons. The first-order chi connectivity index (χ1) is 15.9. The second-order valence-corrected chi connectivity index (χ2v) is 9.13. The fraction of sp³-hybridized carbons (Fsp3) is 0.192. The molecule has 0 radical (unpaired) electrons. The molecular weight excluding hydrogens is 436 g/mol. The number of carboxylic acids is 1. The Bertz CT molecular complexity index is 1370. The quantitative estimate of drug-likeness (QED) is 0.412. The third-order valence-electron chi connectivity index (χ3n) is 5.59. The van der Waals surface area contributed by atoms with E-state index in [0.29, 0.717) is 11.3 Å². The van der Waals surface area contributed by atoms with Gasteiger partial charge >= 0.3 is 11.5 Å². The molecule has 0 saturated carbocycles. The number of carboxylic acid groups (broad SMARTS) is 1. The molecule has 1 N–H and O–H groups in total. The summed E-state index contributed by atoms with van der Waals surface area (Å²) in [6, 6.07) is 19.0. The summed E-state index contributed by atoms with van der Waals surface area (Å²) in [4.78, 5) is 30.3. The number of rotatable bonds is 7. The molecule has 2 aromatic carbocycles. The van der Waals surface area contributed by atoms with E-state index < -0.39 is 17.1 Å². The maximum absolute atomic E-state index is 13.6. The van der Waals surface area contributed by atoms with Crippen molar-refractivity contribution in [2.24, 2.45) is 0 Å². The lowest BCUT2D eigenvalue weighted by molar-refractivity contribution is 0.0697. The lowest BCUT2D eigenvalue weighted by Crippen LogP contribution is -2.27. The first-order valence-electron chi connectivity index (χ1n) is 10.8. The predicted molar refractivity (Wildman–Crippen MR) is 128 cm³/mol. The number of aromatic carboxylic acids is 1. The van der Waals surface area contributed by atoms with Gasteiger partial charge < -0.3 is 9.66 Å². The highest BCUT2D eigenvalue weighted by Gasteiger charge is 2.24. The van der Waals surface area contributed by atoms with Crippen molar-refractivity contribution < 1.29 is 14.5 Å². The number of hydrogen-bond acceptors (Lipinski definition) is 4. The zero-order valence-corrected chi connectivity index (χ0v) is 19.3. The van der Waals surface area contributed by atoms with Crippen LogP contribution < -0.4 is 5.56 Å². The second kappa shape index (κ2) is 9.60. The zero-order valence-electron chi connectivity index (χ0n) is 18.4. The van der Waals surface area contributed by atoms with Gasteiger partial charge in [-0.25, -0.2) is 4.79 Å². The van der Waals surface area contributed by atoms with Gasteiger partial charge in [-0.1, -0.05) is 44.2 Å². The summed E-state index contributed by atoms with van der Waals surface area (Å²) in [6.45, 7) is 4.25. The number of benzene rings is 2. The molecule has 0 fully saturated rings. The maximum Gasteiger partial charge on any atom is 0.335 e. The fourth-order valence-electron chi connectivity index (χ4n) is 3.81. The van der Waals surface area contributed by atoms with Crippen LogP contribution in [0.2, 0.25) is 0 Å². The minimum absolute atomic E-state index is 0.181. The van der Waals surface area contributed by atoms with Crippen LogP contribution in [0.15, 0.2) is 81.3 Å².